The highest BCUT2D eigenvalue weighted by Gasteiger charge is 2.62. The van der Waals surface area contributed by atoms with Crippen molar-refractivity contribution in [2.45, 2.75) is 26.0 Å². The number of fused-ring (bicyclic) bond motifs is 1. The molecule has 0 unspecified atom stereocenters. The van der Waals surface area contributed by atoms with Crippen LogP contribution in [0, 0.1) is 18.7 Å². The van der Waals surface area contributed by atoms with Gasteiger partial charge in [0.1, 0.15) is 39.2 Å². The third-order valence-electron chi connectivity index (χ3n) is 7.35. The zero-order chi connectivity index (χ0) is 30.4. The average molecular weight is 605 g/mol. The van der Waals surface area contributed by atoms with E-state index in [-0.39, 0.29) is 27.6 Å². The summed E-state index contributed by atoms with van der Waals surface area (Å²) in [6.45, 7) is 3.27. The Morgan fingerprint density at radius 2 is 1.70 bits per heavy atom. The molecule has 2 fully saturated rings. The number of ether oxygens (including phenoxy) is 2. The van der Waals surface area contributed by atoms with Crippen molar-refractivity contribution in [3.63, 3.8) is 0 Å². The number of halogens is 1. The van der Waals surface area contributed by atoms with E-state index in [0.717, 1.165) is 16.2 Å². The molecule has 2 saturated heterocycles. The van der Waals surface area contributed by atoms with Gasteiger partial charge in [0.25, 0.3) is 5.91 Å². The van der Waals surface area contributed by atoms with E-state index in [1.807, 2.05) is 6.07 Å². The molecule has 0 radical (unpaired) electrons. The van der Waals surface area contributed by atoms with Gasteiger partial charge in [-0.05, 0) is 67.9 Å². The monoisotopic (exact) mass is 604 g/mol. The number of anilines is 2. The van der Waals surface area contributed by atoms with E-state index < -0.39 is 47.6 Å². The number of carbonyl (C=O) groups is 4. The molecule has 0 bridgehead atoms. The highest BCUT2D eigenvalue weighted by molar-refractivity contribution is 7.19. The molecule has 3 atom stereocenters. The summed E-state index contributed by atoms with van der Waals surface area (Å²) in [5, 5.41) is 1.43. The summed E-state index contributed by atoms with van der Waals surface area (Å²) >= 11 is 0.804. The van der Waals surface area contributed by atoms with Crippen LogP contribution in [0.3, 0.4) is 0 Å². The van der Waals surface area contributed by atoms with Crippen molar-refractivity contribution in [3.05, 3.63) is 94.3 Å². The van der Waals surface area contributed by atoms with Gasteiger partial charge in [-0.3, -0.25) is 14.4 Å². The second-order valence-corrected chi connectivity index (χ2v) is 10.8. The maximum atomic E-state index is 14.2. The number of benzene rings is 2. The molecule has 2 aromatic heterocycles. The molecule has 12 heteroatoms. The lowest BCUT2D eigenvalue weighted by atomic mass is 9.94. The summed E-state index contributed by atoms with van der Waals surface area (Å²) in [6.07, 6.45) is -1.25. The van der Waals surface area contributed by atoms with Gasteiger partial charge in [0.05, 0.1) is 25.0 Å². The number of nitrogens with zero attached hydrogens (tertiary/aromatic N) is 2. The Morgan fingerprint density at radius 1 is 0.977 bits per heavy atom. The highest BCUT2D eigenvalue weighted by Crippen LogP contribution is 2.50. The molecule has 2 aliphatic rings. The lowest BCUT2D eigenvalue weighted by Gasteiger charge is -2.27. The number of rotatable bonds is 7. The maximum absolute atomic E-state index is 14.2. The van der Waals surface area contributed by atoms with E-state index in [4.69, 9.17) is 18.7 Å². The topological polar surface area (TPSA) is 116 Å². The van der Waals surface area contributed by atoms with Crippen molar-refractivity contribution >= 4 is 45.8 Å². The largest absolute Gasteiger partial charge is 0.465 e. The zero-order valence-corrected chi connectivity index (χ0v) is 24.1. The first kappa shape index (κ1) is 28.3. The van der Waals surface area contributed by atoms with Crippen LogP contribution in [-0.4, -0.2) is 43.6 Å². The number of methoxy groups -OCH3 is 1. The second-order valence-electron chi connectivity index (χ2n) is 9.83. The van der Waals surface area contributed by atoms with Gasteiger partial charge in [0, 0.05) is 5.56 Å². The van der Waals surface area contributed by atoms with Gasteiger partial charge >= 0.3 is 11.9 Å². The van der Waals surface area contributed by atoms with Crippen LogP contribution in [0.25, 0.3) is 11.3 Å². The van der Waals surface area contributed by atoms with Gasteiger partial charge in [-0.15, -0.1) is 11.3 Å². The molecule has 2 amide bonds. The minimum absolute atomic E-state index is 0.0446. The van der Waals surface area contributed by atoms with Gasteiger partial charge in [0.2, 0.25) is 5.91 Å². The van der Waals surface area contributed by atoms with E-state index in [1.165, 1.54) is 31.2 Å². The third-order valence-corrected chi connectivity index (χ3v) is 8.61. The number of hydrogen-bond donors (Lipinski definition) is 0. The Labute approximate surface area is 249 Å². The Morgan fingerprint density at radius 3 is 2.37 bits per heavy atom. The third kappa shape index (κ3) is 4.68. The molecule has 2 aliphatic heterocycles. The molecule has 0 saturated carbocycles. The van der Waals surface area contributed by atoms with Crippen molar-refractivity contribution in [1.29, 1.82) is 0 Å². The van der Waals surface area contributed by atoms with E-state index in [9.17, 15) is 23.6 Å². The molecular formula is C31H25FN2O8S. The number of esters is 2. The lowest BCUT2D eigenvalue weighted by molar-refractivity contribution is -0.126. The van der Waals surface area contributed by atoms with Crippen LogP contribution in [0.4, 0.5) is 15.1 Å². The number of imide groups is 1. The Bertz CT molecular complexity index is 1730. The molecule has 0 spiro atoms. The first-order valence-electron chi connectivity index (χ1n) is 13.4. The average Bonchev–Trinajstić information content (AvgIpc) is 3.77. The molecule has 2 aromatic carbocycles. The number of para-hydroxylation sites is 1. The molecular weight excluding hydrogens is 579 g/mol. The van der Waals surface area contributed by atoms with E-state index in [1.54, 1.807) is 55.5 Å². The molecule has 0 aliphatic carbocycles. The molecule has 220 valence electrons. The van der Waals surface area contributed by atoms with Crippen LogP contribution < -0.4 is 9.96 Å². The summed E-state index contributed by atoms with van der Waals surface area (Å²) in [5.74, 6) is -3.54. The number of furan rings is 1. The van der Waals surface area contributed by atoms with Crippen molar-refractivity contribution in [3.8, 4) is 11.3 Å². The van der Waals surface area contributed by atoms with Crippen LogP contribution in [0.1, 0.15) is 44.3 Å². The first-order valence-corrected chi connectivity index (χ1v) is 14.2. The quantitative estimate of drug-likeness (QED) is 0.200. The van der Waals surface area contributed by atoms with Gasteiger partial charge < -0.3 is 13.9 Å². The lowest BCUT2D eigenvalue weighted by Crippen LogP contribution is -2.37. The van der Waals surface area contributed by atoms with Crippen LogP contribution in [0.5, 0.6) is 0 Å². The zero-order valence-electron chi connectivity index (χ0n) is 23.2. The highest BCUT2D eigenvalue weighted by atomic mass is 32.1. The fourth-order valence-corrected chi connectivity index (χ4v) is 6.57. The fraction of sp³-hybridized carbons (Fsp3) is 0.226. The Kier molecular flexibility index (Phi) is 7.32. The molecule has 43 heavy (non-hydrogen) atoms. The standard InChI is InChI=1S/C31H25FN2O8S/c1-4-40-31(38)26-16(2)22(30(37)39-3)29(43-26)33-27(35)23-24(21-15-14-20(41-21)17-10-12-18(32)13-11-17)34(42-25(23)28(33)36)19-8-6-5-7-9-19/h5-15,23-25H,4H2,1-3H3/t23-,24-,25-/m1/s1. The first-order chi connectivity index (χ1) is 20.7. The maximum Gasteiger partial charge on any atom is 0.348 e. The number of carbonyl (C=O) groups excluding carboxylic acids is 4. The summed E-state index contributed by atoms with van der Waals surface area (Å²) in [7, 11) is 1.17. The fourth-order valence-electron chi connectivity index (χ4n) is 5.37. The number of thiophene rings is 1. The molecule has 10 nitrogen and oxygen atoms in total. The number of amides is 2. The van der Waals surface area contributed by atoms with E-state index >= 15 is 0 Å². The van der Waals surface area contributed by atoms with Gasteiger partial charge in [0.15, 0.2) is 6.10 Å². The molecule has 4 heterocycles. The molecule has 6 rings (SSSR count). The SMILES string of the molecule is CCOC(=O)c1sc(N2C(=O)[C@@H]3[C@@H](c4ccc(-c5ccc(F)cc5)o4)N(c4ccccc4)O[C@H]3C2=O)c(C(=O)OC)c1C. The molecule has 0 N–H and O–H groups in total. The normalized spacial score (nSPS) is 19.6. The van der Waals surface area contributed by atoms with E-state index in [0.29, 0.717) is 22.8 Å². The summed E-state index contributed by atoms with van der Waals surface area (Å²) in [6, 6.07) is 17.2. The van der Waals surface area contributed by atoms with Crippen LogP contribution in [-0.2, 0) is 23.9 Å². The van der Waals surface area contributed by atoms with Crippen LogP contribution in [0.15, 0.2) is 71.1 Å². The summed E-state index contributed by atoms with van der Waals surface area (Å²) in [5.41, 5.74) is 1.36. The van der Waals surface area contributed by atoms with Gasteiger partial charge in [-0.25, -0.2) is 23.9 Å². The minimum atomic E-state index is -1.25. The van der Waals surface area contributed by atoms with Gasteiger partial charge in [-0.2, -0.15) is 0 Å². The second kappa shape index (κ2) is 11.1. The summed E-state index contributed by atoms with van der Waals surface area (Å²) in [4.78, 5) is 60.8. The van der Waals surface area contributed by atoms with Crippen LogP contribution in [0.2, 0.25) is 0 Å². The summed E-state index contributed by atoms with van der Waals surface area (Å²) < 4.78 is 29.8. The van der Waals surface area contributed by atoms with Gasteiger partial charge in [-0.1, -0.05) is 18.2 Å². The predicted molar refractivity (Wildman–Crippen MR) is 153 cm³/mol. The van der Waals surface area contributed by atoms with Crippen molar-refractivity contribution in [2.24, 2.45) is 5.92 Å². The minimum Gasteiger partial charge on any atom is -0.465 e. The van der Waals surface area contributed by atoms with Crippen molar-refractivity contribution < 1.29 is 42.3 Å². The van der Waals surface area contributed by atoms with Crippen molar-refractivity contribution in [2.75, 3.05) is 23.7 Å². The van der Waals surface area contributed by atoms with Crippen molar-refractivity contribution in [1.82, 2.24) is 0 Å². The molecule has 4 aromatic rings. The number of hydroxylamine groups is 1. The Hall–Kier alpha value is -4.81. The predicted octanol–water partition coefficient (Wildman–Crippen LogP) is 5.47. The van der Waals surface area contributed by atoms with E-state index in [2.05, 4.69) is 0 Å². The smallest absolute Gasteiger partial charge is 0.348 e. The van der Waals surface area contributed by atoms with Crippen LogP contribution >= 0.6 is 11.3 Å². The number of hydrogen-bond acceptors (Lipinski definition) is 10. The Balaban J connectivity index is 1.43.